The van der Waals surface area contributed by atoms with Crippen molar-refractivity contribution in [2.45, 2.75) is 32.8 Å². The first kappa shape index (κ1) is 15.8. The second kappa shape index (κ2) is 6.46. The van der Waals surface area contributed by atoms with Crippen molar-refractivity contribution in [3.63, 3.8) is 0 Å². The summed E-state index contributed by atoms with van der Waals surface area (Å²) in [6.07, 6.45) is 3.10. The maximum atomic E-state index is 11.9. The fourth-order valence-corrected chi connectivity index (χ4v) is 1.82. The second-order valence-corrected chi connectivity index (χ2v) is 5.80. The molecule has 0 saturated carbocycles. The van der Waals surface area contributed by atoms with Crippen LogP contribution in [0, 0.1) is 0 Å². The molecule has 0 aliphatic rings. The standard InChI is InChI=1S/C15H20N4O3/c1-15(2,3)22-14(21)16-8-7-12(20)18-13-17-10-11-6-4-5-9-19(11)13/h4-6,9-10H,7-8H2,1-3H3,(H,16,21)(H,17,18,20). The summed E-state index contributed by atoms with van der Waals surface area (Å²) in [5.41, 5.74) is 0.339. The molecular formula is C15H20N4O3. The molecule has 2 aromatic rings. The summed E-state index contributed by atoms with van der Waals surface area (Å²) in [6.45, 7) is 5.54. The van der Waals surface area contributed by atoms with Crippen LogP contribution < -0.4 is 10.6 Å². The Morgan fingerprint density at radius 1 is 1.32 bits per heavy atom. The van der Waals surface area contributed by atoms with Gasteiger partial charge in [-0.1, -0.05) is 6.07 Å². The summed E-state index contributed by atoms with van der Waals surface area (Å²) in [5.74, 6) is 0.227. The van der Waals surface area contributed by atoms with Crippen molar-refractivity contribution in [2.24, 2.45) is 0 Å². The van der Waals surface area contributed by atoms with E-state index in [2.05, 4.69) is 15.6 Å². The van der Waals surface area contributed by atoms with E-state index in [0.717, 1.165) is 5.52 Å². The van der Waals surface area contributed by atoms with Gasteiger partial charge in [-0.15, -0.1) is 0 Å². The van der Waals surface area contributed by atoms with Crippen LogP contribution in [0.25, 0.3) is 5.52 Å². The predicted octanol–water partition coefficient (Wildman–Crippen LogP) is 2.19. The number of hydrogen-bond acceptors (Lipinski definition) is 4. The quantitative estimate of drug-likeness (QED) is 0.906. The zero-order valence-corrected chi connectivity index (χ0v) is 12.9. The fraction of sp³-hybridized carbons (Fsp3) is 0.400. The van der Waals surface area contributed by atoms with Crippen LogP contribution in [0.2, 0.25) is 0 Å². The van der Waals surface area contributed by atoms with E-state index in [-0.39, 0.29) is 18.9 Å². The maximum absolute atomic E-state index is 11.9. The van der Waals surface area contributed by atoms with Crippen LogP contribution >= 0.6 is 0 Å². The topological polar surface area (TPSA) is 84.7 Å². The van der Waals surface area contributed by atoms with Gasteiger partial charge in [-0.3, -0.25) is 14.5 Å². The molecule has 2 rings (SSSR count). The molecule has 2 heterocycles. The molecule has 7 heteroatoms. The van der Waals surface area contributed by atoms with E-state index in [4.69, 9.17) is 4.74 Å². The maximum Gasteiger partial charge on any atom is 0.407 e. The smallest absolute Gasteiger partial charge is 0.407 e. The van der Waals surface area contributed by atoms with E-state index in [1.807, 2.05) is 24.4 Å². The summed E-state index contributed by atoms with van der Waals surface area (Å²) >= 11 is 0. The molecule has 0 aliphatic carbocycles. The molecule has 0 radical (unpaired) electrons. The van der Waals surface area contributed by atoms with Gasteiger partial charge in [-0.2, -0.15) is 0 Å². The number of hydrogen-bond donors (Lipinski definition) is 2. The lowest BCUT2D eigenvalue weighted by atomic mass is 10.2. The van der Waals surface area contributed by atoms with Gasteiger partial charge in [0.05, 0.1) is 11.7 Å². The minimum absolute atomic E-state index is 0.140. The lowest BCUT2D eigenvalue weighted by Crippen LogP contribution is -2.34. The first-order valence-electron chi connectivity index (χ1n) is 7.04. The zero-order chi connectivity index (χ0) is 16.2. The highest BCUT2D eigenvalue weighted by Crippen LogP contribution is 2.10. The molecule has 0 saturated heterocycles. The van der Waals surface area contributed by atoms with Crippen molar-refractivity contribution < 1.29 is 14.3 Å². The summed E-state index contributed by atoms with van der Waals surface area (Å²) in [7, 11) is 0. The van der Waals surface area contributed by atoms with Crippen LogP contribution in [-0.2, 0) is 9.53 Å². The average molecular weight is 304 g/mol. The molecule has 22 heavy (non-hydrogen) atoms. The molecule has 0 spiro atoms. The number of alkyl carbamates (subject to hydrolysis) is 1. The fourth-order valence-electron chi connectivity index (χ4n) is 1.82. The number of pyridine rings is 1. The number of fused-ring (bicyclic) bond motifs is 1. The summed E-state index contributed by atoms with van der Waals surface area (Å²) in [4.78, 5) is 27.5. The number of imidazole rings is 1. The van der Waals surface area contributed by atoms with Crippen LogP contribution in [0.4, 0.5) is 10.7 Å². The van der Waals surface area contributed by atoms with E-state index in [1.165, 1.54) is 0 Å². The van der Waals surface area contributed by atoms with Crippen molar-refractivity contribution in [3.8, 4) is 0 Å². The Morgan fingerprint density at radius 2 is 2.09 bits per heavy atom. The number of nitrogens with zero attached hydrogens (tertiary/aromatic N) is 2. The lowest BCUT2D eigenvalue weighted by molar-refractivity contribution is -0.116. The lowest BCUT2D eigenvalue weighted by Gasteiger charge is -2.19. The Labute approximate surface area is 128 Å². The zero-order valence-electron chi connectivity index (χ0n) is 12.9. The molecule has 0 atom stereocenters. The monoisotopic (exact) mass is 304 g/mol. The SMILES string of the molecule is CC(C)(C)OC(=O)NCCC(=O)Nc1ncc2ccccn12. The van der Waals surface area contributed by atoms with E-state index >= 15 is 0 Å². The summed E-state index contributed by atoms with van der Waals surface area (Å²) in [6, 6.07) is 5.65. The third-order valence-electron chi connectivity index (χ3n) is 2.71. The number of carbonyl (C=O) groups excluding carboxylic acids is 2. The van der Waals surface area contributed by atoms with Crippen molar-refractivity contribution in [2.75, 3.05) is 11.9 Å². The van der Waals surface area contributed by atoms with Crippen LogP contribution in [0.15, 0.2) is 30.6 Å². The molecule has 0 aliphatic heterocycles. The number of rotatable bonds is 4. The average Bonchev–Trinajstić information content (AvgIpc) is 2.80. The van der Waals surface area contributed by atoms with E-state index in [9.17, 15) is 9.59 Å². The molecule has 7 nitrogen and oxygen atoms in total. The first-order chi connectivity index (χ1) is 10.3. The number of ether oxygens (including phenoxy) is 1. The van der Waals surface area contributed by atoms with Crippen molar-refractivity contribution in [1.29, 1.82) is 0 Å². The van der Waals surface area contributed by atoms with Gasteiger partial charge < -0.3 is 10.1 Å². The first-order valence-corrected chi connectivity index (χ1v) is 7.04. The van der Waals surface area contributed by atoms with Gasteiger partial charge in [0, 0.05) is 19.2 Å². The second-order valence-electron chi connectivity index (χ2n) is 5.80. The Balaban J connectivity index is 1.80. The predicted molar refractivity (Wildman–Crippen MR) is 82.7 cm³/mol. The Hall–Kier alpha value is -2.57. The Kier molecular flexibility index (Phi) is 4.65. The highest BCUT2D eigenvalue weighted by atomic mass is 16.6. The van der Waals surface area contributed by atoms with Crippen LogP contribution in [0.3, 0.4) is 0 Å². The molecule has 0 unspecified atom stereocenters. The molecule has 2 N–H and O–H groups in total. The van der Waals surface area contributed by atoms with Crippen molar-refractivity contribution >= 4 is 23.5 Å². The normalized spacial score (nSPS) is 11.2. The molecule has 118 valence electrons. The van der Waals surface area contributed by atoms with Gasteiger partial charge in [0.25, 0.3) is 0 Å². The minimum Gasteiger partial charge on any atom is -0.444 e. The molecule has 0 aromatic carbocycles. The van der Waals surface area contributed by atoms with Crippen LogP contribution in [-0.4, -0.2) is 33.5 Å². The number of nitrogens with one attached hydrogen (secondary N) is 2. The Morgan fingerprint density at radius 3 is 2.82 bits per heavy atom. The largest absolute Gasteiger partial charge is 0.444 e. The highest BCUT2D eigenvalue weighted by Gasteiger charge is 2.16. The van der Waals surface area contributed by atoms with Gasteiger partial charge >= 0.3 is 6.09 Å². The van der Waals surface area contributed by atoms with Gasteiger partial charge in [-0.05, 0) is 32.9 Å². The molecule has 2 amide bonds. The van der Waals surface area contributed by atoms with Gasteiger partial charge in [-0.25, -0.2) is 9.78 Å². The minimum atomic E-state index is -0.554. The highest BCUT2D eigenvalue weighted by molar-refractivity contribution is 5.89. The summed E-state index contributed by atoms with van der Waals surface area (Å²) < 4.78 is 6.86. The number of anilines is 1. The number of amides is 2. The van der Waals surface area contributed by atoms with E-state index < -0.39 is 11.7 Å². The molecule has 0 bridgehead atoms. The number of carbonyl (C=O) groups is 2. The number of aromatic nitrogens is 2. The third-order valence-corrected chi connectivity index (χ3v) is 2.71. The van der Waals surface area contributed by atoms with Crippen LogP contribution in [0.1, 0.15) is 27.2 Å². The van der Waals surface area contributed by atoms with Crippen molar-refractivity contribution in [3.05, 3.63) is 30.6 Å². The Bertz CT molecular complexity index is 673. The molecular weight excluding hydrogens is 284 g/mol. The van der Waals surface area contributed by atoms with Crippen molar-refractivity contribution in [1.82, 2.24) is 14.7 Å². The van der Waals surface area contributed by atoms with Crippen LogP contribution in [0.5, 0.6) is 0 Å². The molecule has 0 fully saturated rings. The van der Waals surface area contributed by atoms with Gasteiger partial charge in [0.2, 0.25) is 11.9 Å². The summed E-state index contributed by atoms with van der Waals surface area (Å²) in [5, 5.41) is 5.25. The van der Waals surface area contributed by atoms with Gasteiger partial charge in [0.15, 0.2) is 0 Å². The van der Waals surface area contributed by atoms with E-state index in [1.54, 1.807) is 31.4 Å². The van der Waals surface area contributed by atoms with E-state index in [0.29, 0.717) is 5.95 Å². The molecule has 2 aromatic heterocycles. The third kappa shape index (κ3) is 4.47. The van der Waals surface area contributed by atoms with Gasteiger partial charge in [0.1, 0.15) is 5.60 Å².